The van der Waals surface area contributed by atoms with Gasteiger partial charge in [0.25, 0.3) is 0 Å². The van der Waals surface area contributed by atoms with Gasteiger partial charge in [-0.1, -0.05) is 30.7 Å². The molecular formula is C16H17BrClNO. The maximum Gasteiger partial charge on any atom is 0.121 e. The Bertz CT molecular complexity index is 588. The van der Waals surface area contributed by atoms with Crippen LogP contribution in [0.5, 0.6) is 5.75 Å². The Morgan fingerprint density at radius 2 is 2.05 bits per heavy atom. The van der Waals surface area contributed by atoms with Crippen molar-refractivity contribution in [1.29, 1.82) is 0 Å². The SMILES string of the molecule is CCC(Nc1cc(OC)ccc1Br)c1cccc(Cl)c1. The molecule has 2 nitrogen and oxygen atoms in total. The topological polar surface area (TPSA) is 21.3 Å². The van der Waals surface area contributed by atoms with E-state index in [1.807, 2.05) is 36.4 Å². The van der Waals surface area contributed by atoms with Crippen molar-refractivity contribution >= 4 is 33.2 Å². The summed E-state index contributed by atoms with van der Waals surface area (Å²) in [7, 11) is 1.67. The highest BCUT2D eigenvalue weighted by Gasteiger charge is 2.12. The molecule has 2 rings (SSSR count). The van der Waals surface area contributed by atoms with Crippen LogP contribution in [-0.4, -0.2) is 7.11 Å². The highest BCUT2D eigenvalue weighted by Crippen LogP contribution is 2.32. The third-order valence-corrected chi connectivity index (χ3v) is 4.09. The highest BCUT2D eigenvalue weighted by molar-refractivity contribution is 9.10. The van der Waals surface area contributed by atoms with E-state index < -0.39 is 0 Å². The molecule has 1 N–H and O–H groups in total. The van der Waals surface area contributed by atoms with E-state index in [4.69, 9.17) is 16.3 Å². The molecule has 20 heavy (non-hydrogen) atoms. The lowest BCUT2D eigenvalue weighted by atomic mass is 10.0. The second kappa shape index (κ2) is 7.00. The Labute approximate surface area is 133 Å². The van der Waals surface area contributed by atoms with Gasteiger partial charge < -0.3 is 10.1 Å². The van der Waals surface area contributed by atoms with Crippen LogP contribution < -0.4 is 10.1 Å². The quantitative estimate of drug-likeness (QED) is 0.746. The second-order valence-corrected chi connectivity index (χ2v) is 5.80. The van der Waals surface area contributed by atoms with E-state index in [2.05, 4.69) is 34.2 Å². The highest BCUT2D eigenvalue weighted by atomic mass is 79.9. The fraction of sp³-hybridized carbons (Fsp3) is 0.250. The van der Waals surface area contributed by atoms with E-state index in [0.29, 0.717) is 0 Å². The number of hydrogen-bond acceptors (Lipinski definition) is 2. The summed E-state index contributed by atoms with van der Waals surface area (Å²) >= 11 is 9.63. The van der Waals surface area contributed by atoms with Crippen molar-refractivity contribution < 1.29 is 4.74 Å². The lowest BCUT2D eigenvalue weighted by Gasteiger charge is -2.20. The minimum Gasteiger partial charge on any atom is -0.497 e. The van der Waals surface area contributed by atoms with Gasteiger partial charge in [-0.25, -0.2) is 0 Å². The molecule has 0 aliphatic heterocycles. The smallest absolute Gasteiger partial charge is 0.121 e. The van der Waals surface area contributed by atoms with Gasteiger partial charge in [0.05, 0.1) is 18.8 Å². The second-order valence-electron chi connectivity index (χ2n) is 4.51. The van der Waals surface area contributed by atoms with Crippen LogP contribution in [0.15, 0.2) is 46.9 Å². The van der Waals surface area contributed by atoms with Crippen LogP contribution in [0, 0.1) is 0 Å². The van der Waals surface area contributed by atoms with Crippen LogP contribution in [0.1, 0.15) is 24.9 Å². The van der Waals surface area contributed by atoms with Crippen molar-refractivity contribution in [3.8, 4) is 5.75 Å². The van der Waals surface area contributed by atoms with Crippen molar-refractivity contribution in [2.24, 2.45) is 0 Å². The van der Waals surface area contributed by atoms with Gasteiger partial charge in [-0.3, -0.25) is 0 Å². The summed E-state index contributed by atoms with van der Waals surface area (Å²) in [6.07, 6.45) is 0.962. The van der Waals surface area contributed by atoms with Crippen LogP contribution in [-0.2, 0) is 0 Å². The van der Waals surface area contributed by atoms with Crippen molar-refractivity contribution in [3.05, 3.63) is 57.5 Å². The number of methoxy groups -OCH3 is 1. The first-order valence-corrected chi connectivity index (χ1v) is 7.66. The molecule has 0 amide bonds. The molecule has 2 aromatic rings. The Morgan fingerprint density at radius 1 is 1.25 bits per heavy atom. The standard InChI is InChI=1S/C16H17BrClNO/c1-3-15(11-5-4-6-12(18)9-11)19-16-10-13(20-2)7-8-14(16)17/h4-10,15,19H,3H2,1-2H3. The van der Waals surface area contributed by atoms with Gasteiger partial charge in [0.1, 0.15) is 5.75 Å². The number of rotatable bonds is 5. The van der Waals surface area contributed by atoms with Crippen LogP contribution in [0.4, 0.5) is 5.69 Å². The number of hydrogen-bond donors (Lipinski definition) is 1. The van der Waals surface area contributed by atoms with E-state index >= 15 is 0 Å². The van der Waals surface area contributed by atoms with Crippen molar-refractivity contribution in [2.45, 2.75) is 19.4 Å². The predicted molar refractivity (Wildman–Crippen MR) is 88.8 cm³/mol. The zero-order chi connectivity index (χ0) is 14.5. The first-order chi connectivity index (χ1) is 9.63. The van der Waals surface area contributed by atoms with Gasteiger partial charge in [-0.2, -0.15) is 0 Å². The van der Waals surface area contributed by atoms with E-state index in [0.717, 1.165) is 27.4 Å². The van der Waals surface area contributed by atoms with Gasteiger partial charge in [-0.15, -0.1) is 0 Å². The average molecular weight is 355 g/mol. The molecule has 0 aromatic heterocycles. The van der Waals surface area contributed by atoms with Gasteiger partial charge in [0, 0.05) is 15.6 Å². The molecule has 0 aliphatic carbocycles. The first kappa shape index (κ1) is 15.2. The summed E-state index contributed by atoms with van der Waals surface area (Å²) in [6, 6.07) is 14.0. The van der Waals surface area contributed by atoms with Crippen LogP contribution in [0.25, 0.3) is 0 Å². The van der Waals surface area contributed by atoms with E-state index in [-0.39, 0.29) is 6.04 Å². The normalized spacial score (nSPS) is 12.0. The molecular weight excluding hydrogens is 338 g/mol. The number of nitrogens with one attached hydrogen (secondary N) is 1. The molecule has 0 bridgehead atoms. The molecule has 1 atom stereocenters. The summed E-state index contributed by atoms with van der Waals surface area (Å²) in [5.41, 5.74) is 2.19. The van der Waals surface area contributed by atoms with Gasteiger partial charge in [0.15, 0.2) is 0 Å². The van der Waals surface area contributed by atoms with Gasteiger partial charge >= 0.3 is 0 Å². The van der Waals surface area contributed by atoms with Crippen LogP contribution in [0.3, 0.4) is 0 Å². The molecule has 0 spiro atoms. The fourth-order valence-electron chi connectivity index (χ4n) is 2.07. The number of ether oxygens (including phenoxy) is 1. The zero-order valence-corrected chi connectivity index (χ0v) is 13.8. The lowest BCUT2D eigenvalue weighted by molar-refractivity contribution is 0.415. The average Bonchev–Trinajstić information content (AvgIpc) is 2.46. The molecule has 106 valence electrons. The third kappa shape index (κ3) is 3.68. The minimum atomic E-state index is 0.206. The molecule has 4 heteroatoms. The molecule has 2 aromatic carbocycles. The van der Waals surface area contributed by atoms with Gasteiger partial charge in [-0.05, 0) is 52.2 Å². The monoisotopic (exact) mass is 353 g/mol. The molecule has 0 saturated carbocycles. The summed E-state index contributed by atoms with van der Waals surface area (Å²) < 4.78 is 6.28. The fourth-order valence-corrected chi connectivity index (χ4v) is 2.63. The van der Waals surface area contributed by atoms with Crippen LogP contribution >= 0.6 is 27.5 Å². The summed E-state index contributed by atoms with van der Waals surface area (Å²) in [6.45, 7) is 2.15. The zero-order valence-electron chi connectivity index (χ0n) is 11.5. The molecule has 0 fully saturated rings. The Hall–Kier alpha value is -1.19. The maximum absolute atomic E-state index is 6.07. The van der Waals surface area contributed by atoms with E-state index in [9.17, 15) is 0 Å². The van der Waals surface area contributed by atoms with Gasteiger partial charge in [0.2, 0.25) is 0 Å². The summed E-state index contributed by atoms with van der Waals surface area (Å²) in [5.74, 6) is 0.830. The molecule has 0 saturated heterocycles. The van der Waals surface area contributed by atoms with E-state index in [1.165, 1.54) is 5.56 Å². The van der Waals surface area contributed by atoms with Crippen molar-refractivity contribution in [2.75, 3.05) is 12.4 Å². The number of benzene rings is 2. The minimum absolute atomic E-state index is 0.206. The Morgan fingerprint density at radius 3 is 2.70 bits per heavy atom. The summed E-state index contributed by atoms with van der Waals surface area (Å²) in [4.78, 5) is 0. The molecule has 0 heterocycles. The Balaban J connectivity index is 2.26. The first-order valence-electron chi connectivity index (χ1n) is 6.49. The molecule has 0 radical (unpaired) electrons. The van der Waals surface area contributed by atoms with Crippen molar-refractivity contribution in [3.63, 3.8) is 0 Å². The number of anilines is 1. The maximum atomic E-state index is 6.07. The van der Waals surface area contributed by atoms with Crippen LogP contribution in [0.2, 0.25) is 5.02 Å². The third-order valence-electron chi connectivity index (χ3n) is 3.16. The largest absolute Gasteiger partial charge is 0.497 e. The molecule has 0 aliphatic rings. The van der Waals surface area contributed by atoms with Crippen molar-refractivity contribution in [1.82, 2.24) is 0 Å². The number of halogens is 2. The Kier molecular flexibility index (Phi) is 5.32. The summed E-state index contributed by atoms with van der Waals surface area (Å²) in [5, 5.41) is 4.29. The lowest BCUT2D eigenvalue weighted by Crippen LogP contribution is -2.10. The molecule has 1 unspecified atom stereocenters. The predicted octanol–water partition coefficient (Wildman–Crippen LogP) is 5.67. The van der Waals surface area contributed by atoms with E-state index in [1.54, 1.807) is 7.11 Å².